The number of nitrogens with zero attached hydrogens (tertiary/aromatic N) is 1. The summed E-state index contributed by atoms with van der Waals surface area (Å²) < 4.78 is 27.0. The van der Waals surface area contributed by atoms with E-state index in [1.54, 1.807) is 30.9 Å². The molecule has 0 spiro atoms. The molecule has 0 fully saturated rings. The Morgan fingerprint density at radius 1 is 1.29 bits per heavy atom. The zero-order valence-electron chi connectivity index (χ0n) is 8.11. The fourth-order valence-electron chi connectivity index (χ4n) is 1.16. The van der Waals surface area contributed by atoms with Crippen molar-refractivity contribution in [2.24, 2.45) is 0 Å². The smallest absolute Gasteiger partial charge is 0.170 e. The molecule has 1 aromatic rings. The second kappa shape index (κ2) is 5.18. The van der Waals surface area contributed by atoms with Crippen molar-refractivity contribution in [2.45, 2.75) is 0 Å². The summed E-state index contributed by atoms with van der Waals surface area (Å²) in [6, 6.07) is 9.09. The van der Waals surface area contributed by atoms with Gasteiger partial charge in [-0.3, -0.25) is 4.67 Å². The summed E-state index contributed by atoms with van der Waals surface area (Å²) in [5, 5.41) is 0.805. The summed E-state index contributed by atoms with van der Waals surface area (Å²) in [6.07, 6.45) is 0.0404. The molecule has 76 valence electrons. The van der Waals surface area contributed by atoms with Crippen LogP contribution >= 0.6 is 8.07 Å². The van der Waals surface area contributed by atoms with E-state index in [1.807, 2.05) is 18.2 Å². The van der Waals surface area contributed by atoms with Gasteiger partial charge in [-0.1, -0.05) is 30.3 Å². The molecule has 0 bridgehead atoms. The molecule has 0 saturated carbocycles. The van der Waals surface area contributed by atoms with E-state index in [1.165, 1.54) is 0 Å². The molecule has 0 amide bonds. The van der Waals surface area contributed by atoms with Gasteiger partial charge >= 0.3 is 0 Å². The number of hydrogen-bond donors (Lipinski definition) is 0. The van der Waals surface area contributed by atoms with Crippen molar-refractivity contribution in [2.75, 3.05) is 14.1 Å². The first kappa shape index (κ1) is 11.3. The maximum Gasteiger partial charge on any atom is 0.170 e. The van der Waals surface area contributed by atoms with E-state index in [-0.39, 0.29) is 6.33 Å². The Hall–Kier alpha value is -0.790. The van der Waals surface area contributed by atoms with E-state index in [9.17, 15) is 8.78 Å². The molecule has 1 nitrogen and oxygen atoms in total. The van der Waals surface area contributed by atoms with E-state index in [4.69, 9.17) is 0 Å². The third kappa shape index (κ3) is 2.60. The van der Waals surface area contributed by atoms with Crippen LogP contribution in [0.15, 0.2) is 42.2 Å². The summed E-state index contributed by atoms with van der Waals surface area (Å²) >= 11 is 0. The van der Waals surface area contributed by atoms with Crippen LogP contribution in [-0.4, -0.2) is 18.8 Å². The molecule has 1 rings (SSSR count). The van der Waals surface area contributed by atoms with Crippen LogP contribution in [0.1, 0.15) is 0 Å². The lowest BCUT2D eigenvalue weighted by atomic mass is 10.4. The maximum absolute atomic E-state index is 13.2. The van der Waals surface area contributed by atoms with Crippen molar-refractivity contribution in [1.82, 2.24) is 4.67 Å². The minimum Gasteiger partial charge on any atom is -0.279 e. The molecular formula is C10H12F2NP. The second-order valence-electron chi connectivity index (χ2n) is 2.93. The number of rotatable bonds is 3. The van der Waals surface area contributed by atoms with E-state index < -0.39 is 13.6 Å². The highest BCUT2D eigenvalue weighted by Gasteiger charge is 2.18. The minimum absolute atomic E-state index is 0.0404. The summed E-state index contributed by atoms with van der Waals surface area (Å²) in [5.41, 5.74) is -0.712. The molecule has 0 N–H and O–H groups in total. The van der Waals surface area contributed by atoms with Gasteiger partial charge in [-0.05, 0) is 19.4 Å². The zero-order chi connectivity index (χ0) is 10.6. The van der Waals surface area contributed by atoms with Gasteiger partial charge in [0.05, 0.1) is 8.07 Å². The molecule has 1 aromatic carbocycles. The zero-order valence-corrected chi connectivity index (χ0v) is 9.01. The Balaban J connectivity index is 3.01. The van der Waals surface area contributed by atoms with E-state index in [0.29, 0.717) is 0 Å². The maximum atomic E-state index is 13.2. The summed E-state index contributed by atoms with van der Waals surface area (Å²) in [4.78, 5) is 0. The fourth-order valence-corrected chi connectivity index (χ4v) is 2.80. The molecule has 0 aliphatic carbocycles. The van der Waals surface area contributed by atoms with Crippen LogP contribution in [-0.2, 0) is 0 Å². The average molecular weight is 215 g/mol. The summed E-state index contributed by atoms with van der Waals surface area (Å²) in [6.45, 7) is 0. The van der Waals surface area contributed by atoms with Gasteiger partial charge in [0.15, 0.2) is 5.57 Å². The normalized spacial score (nSPS) is 14.5. The van der Waals surface area contributed by atoms with Gasteiger partial charge in [0, 0.05) is 0 Å². The highest BCUT2D eigenvalue weighted by atomic mass is 31.1. The standard InChI is InChI=1S/C10H12F2NP/c1-13(2)14(10(12)8-11)9-6-4-3-5-7-9/h3-8H,1-2H3/b10-8+. The van der Waals surface area contributed by atoms with Gasteiger partial charge in [0.1, 0.15) is 6.33 Å². The first-order valence-electron chi connectivity index (χ1n) is 4.15. The van der Waals surface area contributed by atoms with E-state index in [0.717, 1.165) is 5.30 Å². The number of hydrogen-bond acceptors (Lipinski definition) is 1. The van der Waals surface area contributed by atoms with E-state index >= 15 is 0 Å². The van der Waals surface area contributed by atoms with Crippen LogP contribution in [0.3, 0.4) is 0 Å². The summed E-state index contributed by atoms with van der Waals surface area (Å²) in [7, 11) is 2.15. The third-order valence-electron chi connectivity index (χ3n) is 1.69. The van der Waals surface area contributed by atoms with Gasteiger partial charge in [0.25, 0.3) is 0 Å². The first-order chi connectivity index (χ1) is 6.66. The quantitative estimate of drug-likeness (QED) is 0.700. The monoisotopic (exact) mass is 215 g/mol. The molecule has 0 aromatic heterocycles. The predicted molar refractivity (Wildman–Crippen MR) is 57.0 cm³/mol. The Kier molecular flexibility index (Phi) is 4.18. The Labute approximate surface area is 83.8 Å². The Morgan fingerprint density at radius 2 is 1.86 bits per heavy atom. The lowest BCUT2D eigenvalue weighted by molar-refractivity contribution is 0.605. The van der Waals surface area contributed by atoms with Crippen LogP contribution in [0.5, 0.6) is 0 Å². The molecular weight excluding hydrogens is 203 g/mol. The molecule has 1 atom stereocenters. The van der Waals surface area contributed by atoms with Crippen LogP contribution in [0, 0.1) is 0 Å². The molecule has 0 aliphatic heterocycles. The van der Waals surface area contributed by atoms with Crippen molar-refractivity contribution < 1.29 is 8.78 Å². The molecule has 14 heavy (non-hydrogen) atoms. The summed E-state index contributed by atoms with van der Waals surface area (Å²) in [5.74, 6) is 0. The van der Waals surface area contributed by atoms with Gasteiger partial charge in [-0.25, -0.2) is 8.78 Å². The van der Waals surface area contributed by atoms with Crippen molar-refractivity contribution in [3.8, 4) is 0 Å². The topological polar surface area (TPSA) is 3.24 Å². The highest BCUT2D eigenvalue weighted by Crippen LogP contribution is 2.45. The van der Waals surface area contributed by atoms with Crippen LogP contribution in [0.2, 0.25) is 0 Å². The number of halogens is 2. The lowest BCUT2D eigenvalue weighted by Gasteiger charge is -2.22. The minimum atomic E-state index is -1.32. The molecule has 0 saturated heterocycles. The molecule has 0 aliphatic rings. The Bertz CT molecular complexity index is 311. The van der Waals surface area contributed by atoms with Crippen LogP contribution in [0.25, 0.3) is 0 Å². The van der Waals surface area contributed by atoms with Gasteiger partial charge in [0.2, 0.25) is 0 Å². The SMILES string of the molecule is CN(C)P(/C(F)=C/F)c1ccccc1. The fraction of sp³-hybridized carbons (Fsp3) is 0.200. The van der Waals surface area contributed by atoms with Gasteiger partial charge in [-0.2, -0.15) is 0 Å². The largest absolute Gasteiger partial charge is 0.279 e. The van der Waals surface area contributed by atoms with E-state index in [2.05, 4.69) is 0 Å². The van der Waals surface area contributed by atoms with Crippen molar-refractivity contribution in [3.63, 3.8) is 0 Å². The predicted octanol–water partition coefficient (Wildman–Crippen LogP) is 3.01. The molecule has 0 heterocycles. The lowest BCUT2D eigenvalue weighted by Crippen LogP contribution is -2.14. The second-order valence-corrected chi connectivity index (χ2v) is 5.29. The molecule has 4 heteroatoms. The van der Waals surface area contributed by atoms with Gasteiger partial charge < -0.3 is 0 Å². The first-order valence-corrected chi connectivity index (χ1v) is 5.44. The highest BCUT2D eigenvalue weighted by molar-refractivity contribution is 7.67. The van der Waals surface area contributed by atoms with Crippen molar-refractivity contribution in [1.29, 1.82) is 0 Å². The molecule has 1 unspecified atom stereocenters. The average Bonchev–Trinajstić information content (AvgIpc) is 2.19. The van der Waals surface area contributed by atoms with Crippen LogP contribution in [0.4, 0.5) is 8.78 Å². The Morgan fingerprint density at radius 3 is 2.29 bits per heavy atom. The number of benzene rings is 1. The third-order valence-corrected chi connectivity index (χ3v) is 3.78. The van der Waals surface area contributed by atoms with Crippen molar-refractivity contribution >= 4 is 13.4 Å². The molecule has 0 radical (unpaired) electrons. The van der Waals surface area contributed by atoms with Crippen molar-refractivity contribution in [3.05, 3.63) is 42.2 Å². The van der Waals surface area contributed by atoms with Crippen LogP contribution < -0.4 is 5.30 Å². The van der Waals surface area contributed by atoms with Gasteiger partial charge in [-0.15, -0.1) is 0 Å².